The van der Waals surface area contributed by atoms with Crippen molar-refractivity contribution in [3.8, 4) is 0 Å². The first kappa shape index (κ1) is 15.6. The van der Waals surface area contributed by atoms with Crippen molar-refractivity contribution < 1.29 is 18.4 Å². The Balaban J connectivity index is -0.0000000800. The second-order valence-electron chi connectivity index (χ2n) is 0.412. The van der Waals surface area contributed by atoms with Gasteiger partial charge in [0.2, 0.25) is 0 Å². The SMILES string of the molecule is O.O=S(=O)(O)Cl.[AlH2]. The molecule has 0 atom stereocenters. The zero-order chi connectivity index (χ0) is 4.50. The van der Waals surface area contributed by atoms with E-state index in [0.29, 0.717) is 0 Å². The maximum Gasteiger partial charge on any atom is 0.353 e. The molecule has 0 saturated carbocycles. The van der Waals surface area contributed by atoms with Crippen LogP contribution in [-0.2, 0) is 9.33 Å². The van der Waals surface area contributed by atoms with Crippen LogP contribution in [0.15, 0.2) is 0 Å². The van der Waals surface area contributed by atoms with Gasteiger partial charge in [-0.25, -0.2) is 0 Å². The lowest BCUT2D eigenvalue weighted by molar-refractivity contribution is 0.501. The van der Waals surface area contributed by atoms with E-state index in [1.807, 2.05) is 0 Å². The quantitative estimate of drug-likeness (QED) is 0.262. The minimum atomic E-state index is -4.19. The van der Waals surface area contributed by atoms with Gasteiger partial charge in [-0.1, -0.05) is 0 Å². The number of hydrogen-bond acceptors (Lipinski definition) is 2. The van der Waals surface area contributed by atoms with Gasteiger partial charge in [0, 0.05) is 10.7 Å². The second-order valence-corrected chi connectivity index (χ2v) is 2.41. The summed E-state index contributed by atoms with van der Waals surface area (Å²) < 4.78 is 25.2. The summed E-state index contributed by atoms with van der Waals surface area (Å²) in [6.45, 7) is 0. The number of hydrogen-bond donors (Lipinski definition) is 1. The van der Waals surface area contributed by atoms with Gasteiger partial charge in [0.1, 0.15) is 17.4 Å². The lowest BCUT2D eigenvalue weighted by atomic mass is 15.9. The third kappa shape index (κ3) is 307. The highest BCUT2D eigenvalue weighted by Crippen LogP contribution is 1.82. The Morgan fingerprint density at radius 3 is 1.43 bits per heavy atom. The molecule has 0 bridgehead atoms. The molecule has 0 saturated heterocycles. The molecule has 4 nitrogen and oxygen atoms in total. The standard InChI is InChI=1S/Al.ClHO3S.H2O.2H/c;1-5(2,3)4;;;/h;(H,2,3,4);1H2;;. The summed E-state index contributed by atoms with van der Waals surface area (Å²) in [4.78, 5) is 0. The van der Waals surface area contributed by atoms with E-state index in [1.54, 1.807) is 0 Å². The molecule has 0 amide bonds. The van der Waals surface area contributed by atoms with E-state index in [1.165, 1.54) is 0 Å². The molecule has 0 aromatic rings. The molecular weight excluding hydrogens is 158 g/mol. The molecule has 0 aliphatic heterocycles. The van der Waals surface area contributed by atoms with Crippen LogP contribution in [0.5, 0.6) is 0 Å². The predicted octanol–water partition coefficient (Wildman–Crippen LogP) is -1.71. The lowest BCUT2D eigenvalue weighted by Gasteiger charge is -1.65. The van der Waals surface area contributed by atoms with Gasteiger partial charge in [-0.05, 0) is 0 Å². The van der Waals surface area contributed by atoms with Crippen molar-refractivity contribution in [1.29, 1.82) is 0 Å². The van der Waals surface area contributed by atoms with E-state index in [9.17, 15) is 0 Å². The summed E-state index contributed by atoms with van der Waals surface area (Å²) in [6, 6.07) is 0. The number of rotatable bonds is 0. The van der Waals surface area contributed by atoms with Crippen LogP contribution in [-0.4, -0.2) is 35.8 Å². The van der Waals surface area contributed by atoms with Crippen LogP contribution in [0.2, 0.25) is 0 Å². The molecule has 1 radical (unpaired) electrons. The molecule has 0 aliphatic carbocycles. The molecule has 0 heterocycles. The van der Waals surface area contributed by atoms with Gasteiger partial charge >= 0.3 is 9.33 Å². The molecular formula is H5AlClO4S. The van der Waals surface area contributed by atoms with Gasteiger partial charge in [-0.2, -0.15) is 8.42 Å². The smallest absolute Gasteiger partial charge is 0.353 e. The van der Waals surface area contributed by atoms with E-state index in [2.05, 4.69) is 10.7 Å². The Kier molecular flexibility index (Phi) is 10.8. The fourth-order valence-electron chi connectivity index (χ4n) is 0. The van der Waals surface area contributed by atoms with Gasteiger partial charge in [0.15, 0.2) is 0 Å². The molecule has 7 heavy (non-hydrogen) atoms. The summed E-state index contributed by atoms with van der Waals surface area (Å²) in [5.74, 6) is 0. The maximum absolute atomic E-state index is 8.95. The highest BCUT2D eigenvalue weighted by molar-refractivity contribution is 8.09. The van der Waals surface area contributed by atoms with Gasteiger partial charge in [0.05, 0.1) is 0 Å². The third-order valence-corrected chi connectivity index (χ3v) is 0. The van der Waals surface area contributed by atoms with Crippen LogP contribution in [0.1, 0.15) is 0 Å². The Labute approximate surface area is 56.2 Å². The van der Waals surface area contributed by atoms with Crippen molar-refractivity contribution in [3.05, 3.63) is 0 Å². The van der Waals surface area contributed by atoms with Crippen LogP contribution in [0.25, 0.3) is 0 Å². The molecule has 0 aromatic heterocycles. The maximum atomic E-state index is 8.95. The van der Waals surface area contributed by atoms with E-state index in [4.69, 9.17) is 13.0 Å². The van der Waals surface area contributed by atoms with Crippen molar-refractivity contribution in [2.24, 2.45) is 0 Å². The summed E-state index contributed by atoms with van der Waals surface area (Å²) >= 11 is 0. The van der Waals surface area contributed by atoms with Crippen molar-refractivity contribution in [1.82, 2.24) is 0 Å². The molecule has 0 unspecified atom stereocenters. The minimum absolute atomic E-state index is 0. The van der Waals surface area contributed by atoms with Gasteiger partial charge in [0.25, 0.3) is 0 Å². The van der Waals surface area contributed by atoms with Crippen LogP contribution < -0.4 is 0 Å². The average Bonchev–Trinajstić information content (AvgIpc) is 0.722. The fourth-order valence-corrected chi connectivity index (χ4v) is 0. The molecule has 0 spiro atoms. The Morgan fingerprint density at radius 1 is 1.43 bits per heavy atom. The van der Waals surface area contributed by atoms with Gasteiger partial charge in [-0.3, -0.25) is 4.55 Å². The monoisotopic (exact) mass is 163 g/mol. The van der Waals surface area contributed by atoms with Gasteiger partial charge < -0.3 is 5.48 Å². The topological polar surface area (TPSA) is 85.9 Å². The zero-order valence-electron chi connectivity index (χ0n) is 3.55. The predicted molar refractivity (Wildman–Crippen MR) is 29.6 cm³/mol. The van der Waals surface area contributed by atoms with E-state index < -0.39 is 9.33 Å². The lowest BCUT2D eigenvalue weighted by Crippen LogP contribution is -1.77. The summed E-state index contributed by atoms with van der Waals surface area (Å²) in [6.07, 6.45) is 0. The normalized spacial score (nSPS) is 8.29. The molecule has 0 rings (SSSR count). The highest BCUT2D eigenvalue weighted by atomic mass is 35.7. The Hall–Kier alpha value is 0.692. The summed E-state index contributed by atoms with van der Waals surface area (Å²) in [5, 5.41) is 0. The van der Waals surface area contributed by atoms with E-state index in [0.717, 1.165) is 0 Å². The van der Waals surface area contributed by atoms with Crippen molar-refractivity contribution in [2.45, 2.75) is 0 Å². The average molecular weight is 164 g/mol. The van der Waals surface area contributed by atoms with Crippen LogP contribution >= 0.6 is 10.7 Å². The number of halogens is 1. The van der Waals surface area contributed by atoms with Crippen LogP contribution in [0.3, 0.4) is 0 Å². The first-order valence-electron chi connectivity index (χ1n) is 0.670. The largest absolute Gasteiger partial charge is 0.412 e. The summed E-state index contributed by atoms with van der Waals surface area (Å²) in [5.41, 5.74) is 0. The Morgan fingerprint density at radius 2 is 1.43 bits per heavy atom. The highest BCUT2D eigenvalue weighted by Gasteiger charge is 1.86. The zero-order valence-corrected chi connectivity index (χ0v) is 7.12. The molecule has 7 heteroatoms. The van der Waals surface area contributed by atoms with Crippen molar-refractivity contribution in [3.63, 3.8) is 0 Å². The van der Waals surface area contributed by atoms with E-state index in [-0.39, 0.29) is 22.8 Å². The first-order valence-corrected chi connectivity index (χ1v) is 2.94. The molecule has 3 N–H and O–H groups in total. The van der Waals surface area contributed by atoms with Crippen molar-refractivity contribution >= 4 is 37.4 Å². The Bertz CT molecular complexity index is 94.9. The van der Waals surface area contributed by atoms with E-state index >= 15 is 0 Å². The molecule has 45 valence electrons. The minimum Gasteiger partial charge on any atom is -0.412 e. The second kappa shape index (κ2) is 4.84. The molecule has 0 aromatic carbocycles. The van der Waals surface area contributed by atoms with Crippen LogP contribution in [0.4, 0.5) is 0 Å². The first-order chi connectivity index (χ1) is 2.00. The fraction of sp³-hybridized carbons (Fsp3) is 0. The van der Waals surface area contributed by atoms with Crippen molar-refractivity contribution in [2.75, 3.05) is 0 Å². The third-order valence-electron chi connectivity index (χ3n) is 0. The molecule has 0 fully saturated rings. The van der Waals surface area contributed by atoms with Gasteiger partial charge in [-0.15, -0.1) is 0 Å². The summed E-state index contributed by atoms with van der Waals surface area (Å²) in [7, 11) is -0.137. The molecule has 0 aliphatic rings. The van der Waals surface area contributed by atoms with Crippen LogP contribution in [0, 0.1) is 0 Å².